The van der Waals surface area contributed by atoms with Crippen LogP contribution >= 0.6 is 11.3 Å². The Hall–Kier alpha value is -1.36. The van der Waals surface area contributed by atoms with Gasteiger partial charge in [0.2, 0.25) is 0 Å². The second kappa shape index (κ2) is 6.54. The van der Waals surface area contributed by atoms with Gasteiger partial charge in [-0.25, -0.2) is 0 Å². The summed E-state index contributed by atoms with van der Waals surface area (Å²) >= 11 is 1.72. The van der Waals surface area contributed by atoms with Gasteiger partial charge < -0.3 is 15.6 Å². The summed E-state index contributed by atoms with van der Waals surface area (Å²) in [6.45, 7) is 0.925. The van der Waals surface area contributed by atoms with E-state index < -0.39 is 6.10 Å². The minimum atomic E-state index is -0.614. The molecule has 2 aromatic rings. The number of aliphatic hydroxyl groups is 1. The van der Waals surface area contributed by atoms with Crippen molar-refractivity contribution in [1.29, 1.82) is 0 Å². The maximum Gasteiger partial charge on any atom is 0.102 e. The summed E-state index contributed by atoms with van der Waals surface area (Å²) < 4.78 is 5.48. The van der Waals surface area contributed by atoms with Crippen LogP contribution in [-0.2, 0) is 11.2 Å². The van der Waals surface area contributed by atoms with Crippen molar-refractivity contribution >= 4 is 17.0 Å². The minimum Gasteiger partial charge on any atom is -0.399 e. The highest BCUT2D eigenvalue weighted by Gasteiger charge is 2.07. The molecule has 0 aliphatic rings. The molecule has 1 aromatic heterocycles. The lowest BCUT2D eigenvalue weighted by Gasteiger charge is -2.11. The Morgan fingerprint density at radius 1 is 1.28 bits per heavy atom. The van der Waals surface area contributed by atoms with Gasteiger partial charge in [0.25, 0.3) is 0 Å². The van der Waals surface area contributed by atoms with Crippen LogP contribution in [-0.4, -0.2) is 18.3 Å². The number of hydrogen-bond acceptors (Lipinski definition) is 4. The highest BCUT2D eigenvalue weighted by atomic mass is 32.1. The van der Waals surface area contributed by atoms with Crippen molar-refractivity contribution in [2.45, 2.75) is 12.5 Å². The maximum atomic E-state index is 9.92. The third kappa shape index (κ3) is 3.84. The van der Waals surface area contributed by atoms with Crippen molar-refractivity contribution in [3.63, 3.8) is 0 Å². The molecule has 1 aromatic carbocycles. The highest BCUT2D eigenvalue weighted by molar-refractivity contribution is 7.09. The van der Waals surface area contributed by atoms with E-state index in [1.54, 1.807) is 23.5 Å². The van der Waals surface area contributed by atoms with Gasteiger partial charge in [-0.3, -0.25) is 0 Å². The molecule has 96 valence electrons. The van der Waals surface area contributed by atoms with E-state index in [9.17, 15) is 5.11 Å². The van der Waals surface area contributed by atoms with Crippen LogP contribution in [0.2, 0.25) is 0 Å². The zero-order valence-corrected chi connectivity index (χ0v) is 10.9. The lowest BCUT2D eigenvalue weighted by molar-refractivity contribution is 0.0376. The quantitative estimate of drug-likeness (QED) is 0.622. The molecule has 0 aliphatic heterocycles. The molecular formula is C14H17NO2S. The van der Waals surface area contributed by atoms with Crippen LogP contribution in [0.1, 0.15) is 16.5 Å². The topological polar surface area (TPSA) is 55.5 Å². The van der Waals surface area contributed by atoms with Gasteiger partial charge in [0.1, 0.15) is 6.10 Å². The van der Waals surface area contributed by atoms with E-state index in [0.29, 0.717) is 18.9 Å². The Labute approximate surface area is 111 Å². The summed E-state index contributed by atoms with van der Waals surface area (Å²) in [5, 5.41) is 12.0. The number of aliphatic hydroxyl groups excluding tert-OH is 1. The largest absolute Gasteiger partial charge is 0.399 e. The first-order valence-electron chi connectivity index (χ1n) is 5.89. The summed E-state index contributed by atoms with van der Waals surface area (Å²) in [6, 6.07) is 11.4. The summed E-state index contributed by atoms with van der Waals surface area (Å²) in [4.78, 5) is 1.30. The van der Waals surface area contributed by atoms with E-state index in [0.717, 1.165) is 12.0 Å². The lowest BCUT2D eigenvalue weighted by Crippen LogP contribution is -2.09. The van der Waals surface area contributed by atoms with Crippen LogP contribution in [0.3, 0.4) is 0 Å². The fourth-order valence-corrected chi connectivity index (χ4v) is 2.38. The van der Waals surface area contributed by atoms with Crippen LogP contribution in [0, 0.1) is 0 Å². The standard InChI is InChI=1S/C14H17NO2S/c15-12-4-1-3-11(9-12)14(16)10-17-7-6-13-5-2-8-18-13/h1-5,8-9,14,16H,6-7,10,15H2. The van der Waals surface area contributed by atoms with Crippen LogP contribution in [0.4, 0.5) is 5.69 Å². The Balaban J connectivity index is 1.73. The Morgan fingerprint density at radius 3 is 2.89 bits per heavy atom. The van der Waals surface area contributed by atoms with E-state index in [1.165, 1.54) is 4.88 Å². The molecular weight excluding hydrogens is 246 g/mol. The fraction of sp³-hybridized carbons (Fsp3) is 0.286. The van der Waals surface area contributed by atoms with Gasteiger partial charge in [-0.15, -0.1) is 11.3 Å². The molecule has 3 N–H and O–H groups in total. The molecule has 0 saturated heterocycles. The predicted octanol–water partition coefficient (Wildman–Crippen LogP) is 2.62. The molecule has 0 spiro atoms. The summed E-state index contributed by atoms with van der Waals surface area (Å²) in [5.41, 5.74) is 7.12. The van der Waals surface area contributed by atoms with Crippen LogP contribution in [0.25, 0.3) is 0 Å². The molecule has 0 bridgehead atoms. The Bertz CT molecular complexity index is 470. The average molecular weight is 263 g/mol. The molecule has 1 atom stereocenters. The number of nitrogens with two attached hydrogens (primary N) is 1. The van der Waals surface area contributed by atoms with Crippen molar-refractivity contribution in [2.75, 3.05) is 18.9 Å². The van der Waals surface area contributed by atoms with Gasteiger partial charge in [-0.1, -0.05) is 18.2 Å². The monoisotopic (exact) mass is 263 g/mol. The maximum absolute atomic E-state index is 9.92. The normalized spacial score (nSPS) is 12.5. The molecule has 0 fully saturated rings. The van der Waals surface area contributed by atoms with Crippen LogP contribution in [0.15, 0.2) is 41.8 Å². The minimum absolute atomic E-state index is 0.300. The van der Waals surface area contributed by atoms with E-state index in [-0.39, 0.29) is 0 Å². The third-order valence-corrected chi connectivity index (χ3v) is 3.58. The van der Waals surface area contributed by atoms with E-state index in [1.807, 2.05) is 18.2 Å². The number of anilines is 1. The summed E-state index contributed by atoms with van der Waals surface area (Å²) in [7, 11) is 0. The predicted molar refractivity (Wildman–Crippen MR) is 74.7 cm³/mol. The van der Waals surface area contributed by atoms with Gasteiger partial charge in [0.05, 0.1) is 13.2 Å². The number of nitrogen functional groups attached to an aromatic ring is 1. The first-order valence-corrected chi connectivity index (χ1v) is 6.77. The number of ether oxygens (including phenoxy) is 1. The van der Waals surface area contributed by atoms with Crippen LogP contribution < -0.4 is 5.73 Å². The molecule has 18 heavy (non-hydrogen) atoms. The Morgan fingerprint density at radius 2 is 2.17 bits per heavy atom. The molecule has 0 amide bonds. The number of hydrogen-bond donors (Lipinski definition) is 2. The molecule has 1 unspecified atom stereocenters. The van der Waals surface area contributed by atoms with Gasteiger partial charge in [-0.2, -0.15) is 0 Å². The van der Waals surface area contributed by atoms with Crippen LogP contribution in [0.5, 0.6) is 0 Å². The highest BCUT2D eigenvalue weighted by Crippen LogP contribution is 2.16. The SMILES string of the molecule is Nc1cccc(C(O)COCCc2cccs2)c1. The second-order valence-electron chi connectivity index (χ2n) is 4.09. The molecule has 3 nitrogen and oxygen atoms in total. The van der Waals surface area contributed by atoms with Crippen molar-refractivity contribution in [1.82, 2.24) is 0 Å². The smallest absolute Gasteiger partial charge is 0.102 e. The first-order chi connectivity index (χ1) is 8.75. The van der Waals surface area contributed by atoms with Gasteiger partial charge in [0.15, 0.2) is 0 Å². The van der Waals surface area contributed by atoms with Gasteiger partial charge in [0, 0.05) is 17.0 Å². The van der Waals surface area contributed by atoms with E-state index >= 15 is 0 Å². The first kappa shape index (κ1) is 13.1. The molecule has 0 radical (unpaired) electrons. The number of rotatable bonds is 6. The van der Waals surface area contributed by atoms with E-state index in [2.05, 4.69) is 11.4 Å². The van der Waals surface area contributed by atoms with Gasteiger partial charge >= 0.3 is 0 Å². The molecule has 2 rings (SSSR count). The zero-order chi connectivity index (χ0) is 12.8. The van der Waals surface area contributed by atoms with Crippen molar-refractivity contribution in [3.05, 3.63) is 52.2 Å². The number of benzene rings is 1. The zero-order valence-electron chi connectivity index (χ0n) is 10.1. The van der Waals surface area contributed by atoms with Crippen molar-refractivity contribution in [2.24, 2.45) is 0 Å². The number of thiophene rings is 1. The molecule has 0 saturated carbocycles. The average Bonchev–Trinajstić information content (AvgIpc) is 2.87. The lowest BCUT2D eigenvalue weighted by atomic mass is 10.1. The van der Waals surface area contributed by atoms with Gasteiger partial charge in [-0.05, 0) is 29.1 Å². The third-order valence-electron chi connectivity index (χ3n) is 2.64. The van der Waals surface area contributed by atoms with Crippen molar-refractivity contribution < 1.29 is 9.84 Å². The summed E-state index contributed by atoms with van der Waals surface area (Å²) in [6.07, 6.45) is 0.276. The summed E-state index contributed by atoms with van der Waals surface area (Å²) in [5.74, 6) is 0. The molecule has 0 aliphatic carbocycles. The molecule has 4 heteroatoms. The van der Waals surface area contributed by atoms with Crippen molar-refractivity contribution in [3.8, 4) is 0 Å². The van der Waals surface area contributed by atoms with E-state index in [4.69, 9.17) is 10.5 Å². The molecule has 1 heterocycles. The Kier molecular flexibility index (Phi) is 4.75. The fourth-order valence-electron chi connectivity index (χ4n) is 1.69. The second-order valence-corrected chi connectivity index (χ2v) is 5.12.